The van der Waals surface area contributed by atoms with E-state index in [2.05, 4.69) is 55.5 Å². The average molecular weight is 397 g/mol. The number of hydrogen-bond acceptors (Lipinski definition) is 4. The number of nitrogens with two attached hydrogens (primary N) is 1. The molecule has 0 saturated carbocycles. The van der Waals surface area contributed by atoms with E-state index in [1.54, 1.807) is 0 Å². The Bertz CT molecular complexity index is 956. The summed E-state index contributed by atoms with van der Waals surface area (Å²) in [4.78, 5) is 14.7. The van der Waals surface area contributed by atoms with Crippen LogP contribution in [0.3, 0.4) is 0 Å². The number of hydrogen-bond donors (Lipinski definition) is 2. The Hall–Kier alpha value is -2.44. The fraction of sp³-hybridized carbons (Fsp3) is 0.364. The van der Waals surface area contributed by atoms with E-state index in [1.807, 2.05) is 24.0 Å². The summed E-state index contributed by atoms with van der Waals surface area (Å²) >= 11 is 1.52. The number of amides is 1. The monoisotopic (exact) mass is 396 g/mol. The number of thiophene rings is 1. The Kier molecular flexibility index (Phi) is 6.31. The maximum atomic E-state index is 12.9. The molecule has 148 valence electrons. The molecule has 0 bridgehead atoms. The van der Waals surface area contributed by atoms with Crippen molar-refractivity contribution in [3.8, 4) is 11.3 Å². The van der Waals surface area contributed by atoms with Crippen molar-refractivity contribution in [2.45, 2.75) is 39.7 Å². The van der Waals surface area contributed by atoms with E-state index in [0.717, 1.165) is 29.0 Å². The quantitative estimate of drug-likeness (QED) is 0.640. The van der Waals surface area contributed by atoms with Gasteiger partial charge in [-0.3, -0.25) is 9.48 Å². The second-order valence-electron chi connectivity index (χ2n) is 7.17. The van der Waals surface area contributed by atoms with E-state index in [0.29, 0.717) is 11.4 Å². The van der Waals surface area contributed by atoms with Crippen LogP contribution >= 0.6 is 11.3 Å². The van der Waals surface area contributed by atoms with Crippen LogP contribution in [0.15, 0.2) is 36.5 Å². The molecule has 0 aliphatic rings. The third-order valence-electron chi connectivity index (χ3n) is 5.01. The summed E-state index contributed by atoms with van der Waals surface area (Å²) in [6.07, 6.45) is 3.53. The van der Waals surface area contributed by atoms with Crippen LogP contribution in [0.25, 0.3) is 11.3 Å². The molecular formula is C22H28N4OS. The first kappa shape index (κ1) is 20.3. The topological polar surface area (TPSA) is 72.9 Å². The zero-order valence-corrected chi connectivity index (χ0v) is 17.8. The van der Waals surface area contributed by atoms with Gasteiger partial charge in [-0.15, -0.1) is 11.3 Å². The number of carbonyl (C=O) groups is 1. The molecule has 2 aromatic heterocycles. The van der Waals surface area contributed by atoms with Gasteiger partial charge >= 0.3 is 0 Å². The normalized spacial score (nSPS) is 12.2. The van der Waals surface area contributed by atoms with Gasteiger partial charge in [-0.2, -0.15) is 5.10 Å². The van der Waals surface area contributed by atoms with E-state index in [4.69, 9.17) is 5.73 Å². The highest BCUT2D eigenvalue weighted by atomic mass is 32.1. The van der Waals surface area contributed by atoms with Crippen molar-refractivity contribution in [3.05, 3.63) is 63.0 Å². The second kappa shape index (κ2) is 8.71. The Labute approximate surface area is 170 Å². The van der Waals surface area contributed by atoms with Crippen LogP contribution in [0.2, 0.25) is 0 Å². The van der Waals surface area contributed by atoms with Gasteiger partial charge in [0, 0.05) is 30.1 Å². The molecule has 0 saturated heterocycles. The number of aryl methyl sites for hydroxylation is 4. The minimum Gasteiger partial charge on any atom is -0.347 e. The predicted octanol–water partition coefficient (Wildman–Crippen LogP) is 3.63. The second-order valence-corrected chi connectivity index (χ2v) is 8.43. The molecule has 3 N–H and O–H groups in total. The van der Waals surface area contributed by atoms with Gasteiger partial charge in [0.25, 0.3) is 5.91 Å². The maximum absolute atomic E-state index is 12.9. The SMILES string of the molecule is CCc1cnn(C)c1-c1cc(C(=O)N[C@H](CN)Cc2ccc(C)cc2)sc1C. The highest BCUT2D eigenvalue weighted by Crippen LogP contribution is 2.33. The molecule has 0 unspecified atom stereocenters. The van der Waals surface area contributed by atoms with Gasteiger partial charge in [0.1, 0.15) is 0 Å². The first-order valence-corrected chi connectivity index (χ1v) is 10.4. The fourth-order valence-corrected chi connectivity index (χ4v) is 4.30. The van der Waals surface area contributed by atoms with Crippen LogP contribution in [-0.4, -0.2) is 28.3 Å². The van der Waals surface area contributed by atoms with Crippen LogP contribution in [0.4, 0.5) is 0 Å². The van der Waals surface area contributed by atoms with Crippen molar-refractivity contribution in [2.75, 3.05) is 6.54 Å². The summed E-state index contributed by atoms with van der Waals surface area (Å²) in [7, 11) is 1.94. The molecule has 1 aromatic carbocycles. The molecule has 2 heterocycles. The Morgan fingerprint density at radius 3 is 2.64 bits per heavy atom. The summed E-state index contributed by atoms with van der Waals surface area (Å²) in [6, 6.07) is 10.2. The third kappa shape index (κ3) is 4.34. The molecule has 1 atom stereocenters. The van der Waals surface area contributed by atoms with Gasteiger partial charge in [0.05, 0.1) is 16.8 Å². The summed E-state index contributed by atoms with van der Waals surface area (Å²) in [6.45, 7) is 6.64. The predicted molar refractivity (Wildman–Crippen MR) is 116 cm³/mol. The molecular weight excluding hydrogens is 368 g/mol. The summed E-state index contributed by atoms with van der Waals surface area (Å²) in [5.41, 5.74) is 11.7. The molecule has 0 spiro atoms. The third-order valence-corrected chi connectivity index (χ3v) is 6.06. The van der Waals surface area contributed by atoms with E-state index in [9.17, 15) is 4.79 Å². The van der Waals surface area contributed by atoms with Crippen LogP contribution in [0, 0.1) is 13.8 Å². The van der Waals surface area contributed by atoms with Crippen molar-refractivity contribution in [2.24, 2.45) is 12.8 Å². The fourth-order valence-electron chi connectivity index (χ4n) is 3.38. The van der Waals surface area contributed by atoms with E-state index < -0.39 is 0 Å². The first-order chi connectivity index (χ1) is 13.4. The number of nitrogens with zero attached hydrogens (tertiary/aromatic N) is 2. The van der Waals surface area contributed by atoms with Gasteiger partial charge < -0.3 is 11.1 Å². The molecule has 0 aliphatic heterocycles. The lowest BCUT2D eigenvalue weighted by Crippen LogP contribution is -2.41. The van der Waals surface area contributed by atoms with Gasteiger partial charge in [-0.25, -0.2) is 0 Å². The number of carbonyl (C=O) groups excluding carboxylic acids is 1. The van der Waals surface area contributed by atoms with Gasteiger partial charge in [-0.05, 0) is 43.9 Å². The van der Waals surface area contributed by atoms with E-state index in [1.165, 1.54) is 28.0 Å². The van der Waals surface area contributed by atoms with Crippen LogP contribution in [0.5, 0.6) is 0 Å². The average Bonchev–Trinajstić information content (AvgIpc) is 3.24. The summed E-state index contributed by atoms with van der Waals surface area (Å²) < 4.78 is 1.88. The summed E-state index contributed by atoms with van der Waals surface area (Å²) in [5.74, 6) is -0.0675. The molecule has 3 rings (SSSR count). The van der Waals surface area contributed by atoms with Crippen molar-refractivity contribution >= 4 is 17.2 Å². The maximum Gasteiger partial charge on any atom is 0.261 e. The lowest BCUT2D eigenvalue weighted by atomic mass is 10.0. The molecule has 0 radical (unpaired) electrons. The Balaban J connectivity index is 1.77. The zero-order chi connectivity index (χ0) is 20.3. The number of nitrogens with one attached hydrogen (secondary N) is 1. The van der Waals surface area contributed by atoms with Gasteiger partial charge in [-0.1, -0.05) is 36.8 Å². The van der Waals surface area contributed by atoms with Gasteiger partial charge in [0.2, 0.25) is 0 Å². The lowest BCUT2D eigenvalue weighted by Gasteiger charge is -2.16. The largest absolute Gasteiger partial charge is 0.347 e. The molecule has 0 aliphatic carbocycles. The molecule has 1 amide bonds. The lowest BCUT2D eigenvalue weighted by molar-refractivity contribution is 0.0942. The first-order valence-electron chi connectivity index (χ1n) is 9.61. The highest BCUT2D eigenvalue weighted by molar-refractivity contribution is 7.14. The molecule has 28 heavy (non-hydrogen) atoms. The number of benzene rings is 1. The van der Waals surface area contributed by atoms with Gasteiger partial charge in [0.15, 0.2) is 0 Å². The zero-order valence-electron chi connectivity index (χ0n) is 17.0. The van der Waals surface area contributed by atoms with Crippen molar-refractivity contribution < 1.29 is 4.79 Å². The highest BCUT2D eigenvalue weighted by Gasteiger charge is 2.20. The minimum atomic E-state index is -0.0935. The number of rotatable bonds is 7. The van der Waals surface area contributed by atoms with Crippen molar-refractivity contribution in [1.82, 2.24) is 15.1 Å². The standard InChI is InChI=1S/C22H28N4OS/c1-5-17-13-24-26(4)21(17)19-11-20(28-15(19)3)22(27)25-18(12-23)10-16-8-6-14(2)7-9-16/h6-9,11,13,18H,5,10,12,23H2,1-4H3,(H,25,27)/t18-/m0/s1. The Morgan fingerprint density at radius 2 is 2.00 bits per heavy atom. The smallest absolute Gasteiger partial charge is 0.261 e. The molecule has 5 nitrogen and oxygen atoms in total. The molecule has 6 heteroatoms. The van der Waals surface area contributed by atoms with E-state index >= 15 is 0 Å². The Morgan fingerprint density at radius 1 is 1.29 bits per heavy atom. The van der Waals surface area contributed by atoms with Crippen molar-refractivity contribution in [1.29, 1.82) is 0 Å². The molecule has 3 aromatic rings. The summed E-state index contributed by atoms with van der Waals surface area (Å²) in [5, 5.41) is 7.48. The van der Waals surface area contributed by atoms with Crippen LogP contribution in [-0.2, 0) is 19.9 Å². The van der Waals surface area contributed by atoms with Crippen LogP contribution in [0.1, 0.15) is 38.2 Å². The van der Waals surface area contributed by atoms with Crippen LogP contribution < -0.4 is 11.1 Å². The molecule has 0 fully saturated rings. The number of aromatic nitrogens is 2. The van der Waals surface area contributed by atoms with Crippen molar-refractivity contribution in [3.63, 3.8) is 0 Å². The minimum absolute atomic E-state index is 0.0675. The van der Waals surface area contributed by atoms with E-state index in [-0.39, 0.29) is 11.9 Å².